The first-order valence-corrected chi connectivity index (χ1v) is 13.6. The van der Waals surface area contributed by atoms with E-state index in [1.54, 1.807) is 23.6 Å². The first-order valence-electron chi connectivity index (χ1n) is 11.4. The Bertz CT molecular complexity index is 1640. The van der Waals surface area contributed by atoms with Crippen LogP contribution in [-0.2, 0) is 23.1 Å². The third kappa shape index (κ3) is 5.58. The van der Waals surface area contributed by atoms with Crippen molar-refractivity contribution in [3.63, 3.8) is 0 Å². The van der Waals surface area contributed by atoms with Crippen molar-refractivity contribution in [2.45, 2.75) is 24.9 Å². The highest BCUT2D eigenvalue weighted by molar-refractivity contribution is 7.89. The molecule has 0 fully saturated rings. The van der Waals surface area contributed by atoms with E-state index in [1.807, 2.05) is 30.3 Å². The van der Waals surface area contributed by atoms with E-state index in [4.69, 9.17) is 0 Å². The molecule has 9 nitrogen and oxygen atoms in total. The van der Waals surface area contributed by atoms with Crippen LogP contribution in [0.3, 0.4) is 0 Å². The monoisotopic (exact) mass is 536 g/mol. The topological polar surface area (TPSA) is 115 Å². The quantitative estimate of drug-likeness (QED) is 0.174. The second kappa shape index (κ2) is 11.0. The molecule has 37 heavy (non-hydrogen) atoms. The molecular weight excluding hydrogens is 512 g/mol. The van der Waals surface area contributed by atoms with Gasteiger partial charge in [-0.15, -0.1) is 6.58 Å². The number of carbonyl (C=O) groups is 1. The second-order valence-electron chi connectivity index (χ2n) is 8.05. The Hall–Kier alpha value is -3.93. The molecule has 190 valence electrons. The van der Waals surface area contributed by atoms with Crippen LogP contribution in [0.2, 0.25) is 0 Å². The van der Waals surface area contributed by atoms with Gasteiger partial charge in [0.2, 0.25) is 10.0 Å². The standard InChI is InChI=1S/C26H24N4O5S2/c1-3-16-29-23-17-21(30(32)33)12-15-24(23)36-26(29)27-25(31)20-10-13-22(14-11-20)37(34,35)28(4-2)18-19-8-6-5-7-9-19/h3,5-15,17H,1,4,16,18H2,2H3. The molecule has 3 aromatic carbocycles. The summed E-state index contributed by atoms with van der Waals surface area (Å²) in [5.41, 5.74) is 1.61. The minimum Gasteiger partial charge on any atom is -0.312 e. The molecule has 0 bridgehead atoms. The van der Waals surface area contributed by atoms with Gasteiger partial charge in [0.25, 0.3) is 11.6 Å². The zero-order valence-corrected chi connectivity index (χ0v) is 21.6. The van der Waals surface area contributed by atoms with E-state index in [2.05, 4.69) is 11.6 Å². The van der Waals surface area contributed by atoms with Crippen molar-refractivity contribution in [1.29, 1.82) is 0 Å². The number of non-ortho nitro benzene ring substituents is 1. The van der Waals surface area contributed by atoms with Gasteiger partial charge in [-0.25, -0.2) is 8.42 Å². The fourth-order valence-electron chi connectivity index (χ4n) is 3.79. The summed E-state index contributed by atoms with van der Waals surface area (Å²) in [5, 5.41) is 11.2. The number of nitro groups is 1. The molecule has 11 heteroatoms. The van der Waals surface area contributed by atoms with Crippen LogP contribution in [0.4, 0.5) is 5.69 Å². The molecule has 0 aliphatic rings. The maximum Gasteiger partial charge on any atom is 0.279 e. The number of benzene rings is 3. The number of amides is 1. The molecule has 0 radical (unpaired) electrons. The van der Waals surface area contributed by atoms with Crippen molar-refractivity contribution >= 4 is 43.2 Å². The zero-order chi connectivity index (χ0) is 26.6. The van der Waals surface area contributed by atoms with E-state index in [0.717, 1.165) is 10.3 Å². The van der Waals surface area contributed by atoms with Gasteiger partial charge in [-0.05, 0) is 35.9 Å². The molecular formula is C26H24N4O5S2. The number of hydrogen-bond donors (Lipinski definition) is 0. The van der Waals surface area contributed by atoms with Gasteiger partial charge in [0.15, 0.2) is 4.80 Å². The van der Waals surface area contributed by atoms with E-state index in [1.165, 1.54) is 52.0 Å². The van der Waals surface area contributed by atoms with Crippen molar-refractivity contribution in [2.24, 2.45) is 4.99 Å². The predicted molar refractivity (Wildman–Crippen MR) is 143 cm³/mol. The van der Waals surface area contributed by atoms with Gasteiger partial charge in [-0.3, -0.25) is 14.9 Å². The third-order valence-electron chi connectivity index (χ3n) is 5.68. The summed E-state index contributed by atoms with van der Waals surface area (Å²) >= 11 is 1.22. The van der Waals surface area contributed by atoms with Crippen molar-refractivity contribution in [3.8, 4) is 0 Å². The van der Waals surface area contributed by atoms with E-state index in [9.17, 15) is 23.3 Å². The van der Waals surface area contributed by atoms with Gasteiger partial charge in [0, 0.05) is 37.3 Å². The molecule has 4 rings (SSSR count). The highest BCUT2D eigenvalue weighted by Crippen LogP contribution is 2.24. The Balaban J connectivity index is 1.64. The molecule has 0 aliphatic carbocycles. The number of nitrogens with zero attached hydrogens (tertiary/aromatic N) is 4. The molecule has 0 aliphatic heterocycles. The van der Waals surface area contributed by atoms with Gasteiger partial charge in [-0.1, -0.05) is 54.7 Å². The first-order chi connectivity index (χ1) is 17.7. The van der Waals surface area contributed by atoms with E-state index in [0.29, 0.717) is 23.4 Å². The number of sulfonamides is 1. The molecule has 0 saturated heterocycles. The summed E-state index contributed by atoms with van der Waals surface area (Å²) in [7, 11) is -3.77. The lowest BCUT2D eigenvalue weighted by molar-refractivity contribution is -0.384. The van der Waals surface area contributed by atoms with Gasteiger partial charge < -0.3 is 4.57 Å². The number of nitro benzene ring substituents is 1. The van der Waals surface area contributed by atoms with Crippen LogP contribution in [0.15, 0.2) is 95.3 Å². The number of rotatable bonds is 9. The van der Waals surface area contributed by atoms with Gasteiger partial charge in [-0.2, -0.15) is 9.30 Å². The number of allylic oxidation sites excluding steroid dienone is 1. The largest absolute Gasteiger partial charge is 0.312 e. The SMILES string of the molecule is C=CCn1c(=NC(=O)c2ccc(S(=O)(=O)N(CC)Cc3ccccc3)cc2)sc2ccc([N+](=O)[O-])cc21. The van der Waals surface area contributed by atoms with Gasteiger partial charge >= 0.3 is 0 Å². The molecule has 0 spiro atoms. The molecule has 0 saturated carbocycles. The lowest BCUT2D eigenvalue weighted by Gasteiger charge is -2.20. The van der Waals surface area contributed by atoms with Crippen LogP contribution in [-0.4, -0.2) is 34.7 Å². The van der Waals surface area contributed by atoms with Crippen molar-refractivity contribution in [2.75, 3.05) is 6.54 Å². The average Bonchev–Trinajstić information content (AvgIpc) is 3.24. The Morgan fingerprint density at radius 3 is 2.46 bits per heavy atom. The minimum absolute atomic E-state index is 0.0637. The summed E-state index contributed by atoms with van der Waals surface area (Å²) in [4.78, 5) is 28.3. The maximum atomic E-state index is 13.2. The van der Waals surface area contributed by atoms with Crippen LogP contribution in [0.1, 0.15) is 22.8 Å². The second-order valence-corrected chi connectivity index (χ2v) is 11.0. The van der Waals surface area contributed by atoms with Crippen LogP contribution < -0.4 is 4.80 Å². The van der Waals surface area contributed by atoms with Crippen molar-refractivity contribution in [1.82, 2.24) is 8.87 Å². The molecule has 0 N–H and O–H groups in total. The summed E-state index contributed by atoms with van der Waals surface area (Å²) in [6, 6.07) is 19.5. The Kier molecular flexibility index (Phi) is 7.77. The Labute approximate surface area is 217 Å². The summed E-state index contributed by atoms with van der Waals surface area (Å²) in [6.45, 7) is 6.33. The minimum atomic E-state index is -3.77. The van der Waals surface area contributed by atoms with Gasteiger partial charge in [0.05, 0.1) is 20.0 Å². The van der Waals surface area contributed by atoms with Crippen LogP contribution in [0.25, 0.3) is 10.2 Å². The molecule has 0 unspecified atom stereocenters. The highest BCUT2D eigenvalue weighted by Gasteiger charge is 2.23. The summed E-state index contributed by atoms with van der Waals surface area (Å²) < 4.78 is 30.2. The maximum absolute atomic E-state index is 13.2. The number of aromatic nitrogens is 1. The molecule has 0 atom stereocenters. The average molecular weight is 537 g/mol. The predicted octanol–water partition coefficient (Wildman–Crippen LogP) is 4.75. The van der Waals surface area contributed by atoms with E-state index in [-0.39, 0.29) is 22.7 Å². The zero-order valence-electron chi connectivity index (χ0n) is 20.0. The molecule has 1 heterocycles. The van der Waals surface area contributed by atoms with Crippen LogP contribution >= 0.6 is 11.3 Å². The third-order valence-corrected chi connectivity index (χ3v) is 8.67. The van der Waals surface area contributed by atoms with Gasteiger partial charge in [0.1, 0.15) is 0 Å². The summed E-state index contributed by atoms with van der Waals surface area (Å²) in [5.74, 6) is -0.556. The van der Waals surface area contributed by atoms with Crippen molar-refractivity contribution < 1.29 is 18.1 Å². The number of thiazole rings is 1. The van der Waals surface area contributed by atoms with Crippen LogP contribution in [0, 0.1) is 10.1 Å². The number of carbonyl (C=O) groups excluding carboxylic acids is 1. The Morgan fingerprint density at radius 1 is 1.14 bits per heavy atom. The van der Waals surface area contributed by atoms with Crippen molar-refractivity contribution in [3.05, 3.63) is 111 Å². The van der Waals surface area contributed by atoms with E-state index < -0.39 is 20.9 Å². The fraction of sp³-hybridized carbons (Fsp3) is 0.154. The lowest BCUT2D eigenvalue weighted by Crippen LogP contribution is -2.30. The van der Waals surface area contributed by atoms with Crippen LogP contribution in [0.5, 0.6) is 0 Å². The normalized spacial score (nSPS) is 12.2. The smallest absolute Gasteiger partial charge is 0.279 e. The number of fused-ring (bicyclic) bond motifs is 1. The fourth-order valence-corrected chi connectivity index (χ4v) is 6.24. The Morgan fingerprint density at radius 2 is 1.84 bits per heavy atom. The summed E-state index contributed by atoms with van der Waals surface area (Å²) in [6.07, 6.45) is 1.61. The molecule has 1 amide bonds. The highest BCUT2D eigenvalue weighted by atomic mass is 32.2. The lowest BCUT2D eigenvalue weighted by atomic mass is 10.2. The number of hydrogen-bond acceptors (Lipinski definition) is 6. The first kappa shape index (κ1) is 26.1. The molecule has 4 aromatic rings. The molecule has 1 aromatic heterocycles. The van der Waals surface area contributed by atoms with E-state index >= 15 is 0 Å².